The van der Waals surface area contributed by atoms with E-state index in [2.05, 4.69) is 10.3 Å². The first kappa shape index (κ1) is 14.1. The standard InChI is InChI=1S/C13H9N3O5/c17-12(8-4-5-11(13(18)19)14-7-8)15-9-2-1-3-10(6-9)16(20)21/h1-7H,(H,15,17)(H,18,19). The van der Waals surface area contributed by atoms with Gasteiger partial charge in [0.15, 0.2) is 0 Å². The summed E-state index contributed by atoms with van der Waals surface area (Å²) in [6.07, 6.45) is 1.12. The second kappa shape index (κ2) is 5.78. The molecule has 0 saturated heterocycles. The molecular formula is C13H9N3O5. The number of nitrogens with one attached hydrogen (secondary N) is 1. The Morgan fingerprint density at radius 2 is 2.00 bits per heavy atom. The maximum Gasteiger partial charge on any atom is 0.354 e. The van der Waals surface area contributed by atoms with Gasteiger partial charge in [0.25, 0.3) is 11.6 Å². The summed E-state index contributed by atoms with van der Waals surface area (Å²) in [5.41, 5.74) is 0.0806. The summed E-state index contributed by atoms with van der Waals surface area (Å²) in [7, 11) is 0. The molecule has 0 spiro atoms. The van der Waals surface area contributed by atoms with Crippen LogP contribution in [-0.2, 0) is 0 Å². The molecule has 0 unspecified atom stereocenters. The second-order valence-electron chi connectivity index (χ2n) is 4.00. The maximum absolute atomic E-state index is 11.9. The largest absolute Gasteiger partial charge is 0.477 e. The number of carboxylic acid groups (broad SMARTS) is 1. The van der Waals surface area contributed by atoms with Crippen molar-refractivity contribution in [3.8, 4) is 0 Å². The number of hydrogen-bond donors (Lipinski definition) is 2. The van der Waals surface area contributed by atoms with Crippen LogP contribution >= 0.6 is 0 Å². The number of nitro groups is 1. The number of pyridine rings is 1. The molecular weight excluding hydrogens is 278 g/mol. The summed E-state index contributed by atoms with van der Waals surface area (Å²) in [6, 6.07) is 7.98. The van der Waals surface area contributed by atoms with Crippen LogP contribution in [0.3, 0.4) is 0 Å². The maximum atomic E-state index is 11.9. The second-order valence-corrected chi connectivity index (χ2v) is 4.00. The number of amides is 1. The average molecular weight is 287 g/mol. The van der Waals surface area contributed by atoms with Crippen molar-refractivity contribution < 1.29 is 19.6 Å². The first-order valence-corrected chi connectivity index (χ1v) is 5.72. The van der Waals surface area contributed by atoms with E-state index in [0.29, 0.717) is 0 Å². The zero-order valence-corrected chi connectivity index (χ0v) is 10.5. The molecule has 0 aliphatic heterocycles. The summed E-state index contributed by atoms with van der Waals surface area (Å²) in [4.78, 5) is 36.2. The van der Waals surface area contributed by atoms with Gasteiger partial charge in [0, 0.05) is 24.0 Å². The van der Waals surface area contributed by atoms with E-state index in [4.69, 9.17) is 5.11 Å². The van der Waals surface area contributed by atoms with Crippen LogP contribution in [0.1, 0.15) is 20.8 Å². The Bertz CT molecular complexity index is 712. The SMILES string of the molecule is O=C(Nc1cccc([N+](=O)[O-])c1)c1ccc(C(=O)O)nc1. The molecule has 21 heavy (non-hydrogen) atoms. The van der Waals surface area contributed by atoms with E-state index in [1.165, 1.54) is 36.4 Å². The van der Waals surface area contributed by atoms with Gasteiger partial charge in [0.1, 0.15) is 5.69 Å². The van der Waals surface area contributed by atoms with Crippen molar-refractivity contribution in [3.05, 3.63) is 64.0 Å². The summed E-state index contributed by atoms with van der Waals surface area (Å²) < 4.78 is 0. The zero-order valence-electron chi connectivity index (χ0n) is 10.5. The number of aromatic nitrogens is 1. The molecule has 0 fully saturated rings. The van der Waals surface area contributed by atoms with Crippen LogP contribution in [0.4, 0.5) is 11.4 Å². The molecule has 0 radical (unpaired) electrons. The number of carbonyl (C=O) groups excluding carboxylic acids is 1. The van der Waals surface area contributed by atoms with Crippen molar-refractivity contribution in [2.75, 3.05) is 5.32 Å². The number of nitrogens with zero attached hydrogens (tertiary/aromatic N) is 2. The number of hydrogen-bond acceptors (Lipinski definition) is 5. The molecule has 2 N–H and O–H groups in total. The molecule has 0 bridgehead atoms. The fourth-order valence-corrected chi connectivity index (χ4v) is 1.56. The van der Waals surface area contributed by atoms with Crippen LogP contribution in [0.15, 0.2) is 42.6 Å². The molecule has 8 nitrogen and oxygen atoms in total. The molecule has 2 aromatic rings. The highest BCUT2D eigenvalue weighted by Crippen LogP contribution is 2.17. The number of carboxylic acids is 1. The highest BCUT2D eigenvalue weighted by molar-refractivity contribution is 6.04. The third-order valence-electron chi connectivity index (χ3n) is 2.56. The molecule has 0 saturated carbocycles. The highest BCUT2D eigenvalue weighted by atomic mass is 16.6. The van der Waals surface area contributed by atoms with E-state index in [0.717, 1.165) is 6.20 Å². The molecule has 0 aliphatic carbocycles. The molecule has 8 heteroatoms. The van der Waals surface area contributed by atoms with Crippen LogP contribution in [0, 0.1) is 10.1 Å². The highest BCUT2D eigenvalue weighted by Gasteiger charge is 2.11. The van der Waals surface area contributed by atoms with Crippen molar-refractivity contribution in [1.82, 2.24) is 4.98 Å². The van der Waals surface area contributed by atoms with Crippen LogP contribution < -0.4 is 5.32 Å². The lowest BCUT2D eigenvalue weighted by Gasteiger charge is -2.05. The summed E-state index contributed by atoms with van der Waals surface area (Å²) in [5, 5.41) is 21.8. The van der Waals surface area contributed by atoms with Gasteiger partial charge in [-0.1, -0.05) is 6.07 Å². The third-order valence-corrected chi connectivity index (χ3v) is 2.56. The lowest BCUT2D eigenvalue weighted by atomic mass is 10.2. The normalized spacial score (nSPS) is 9.90. The minimum Gasteiger partial charge on any atom is -0.477 e. The fourth-order valence-electron chi connectivity index (χ4n) is 1.56. The van der Waals surface area contributed by atoms with E-state index in [-0.39, 0.29) is 22.6 Å². The van der Waals surface area contributed by atoms with Gasteiger partial charge in [0.2, 0.25) is 0 Å². The van der Waals surface area contributed by atoms with Crippen molar-refractivity contribution in [2.45, 2.75) is 0 Å². The van der Waals surface area contributed by atoms with Crippen molar-refractivity contribution in [2.24, 2.45) is 0 Å². The predicted molar refractivity (Wildman–Crippen MR) is 72.2 cm³/mol. The van der Waals surface area contributed by atoms with Gasteiger partial charge in [-0.25, -0.2) is 9.78 Å². The van der Waals surface area contributed by atoms with E-state index < -0.39 is 16.8 Å². The Hall–Kier alpha value is -3.29. The third kappa shape index (κ3) is 3.38. The molecule has 0 atom stereocenters. The smallest absolute Gasteiger partial charge is 0.354 e. The Balaban J connectivity index is 2.16. The van der Waals surface area contributed by atoms with Crippen molar-refractivity contribution >= 4 is 23.3 Å². The Morgan fingerprint density at radius 1 is 1.24 bits per heavy atom. The van der Waals surface area contributed by atoms with Gasteiger partial charge in [-0.05, 0) is 18.2 Å². The lowest BCUT2D eigenvalue weighted by molar-refractivity contribution is -0.384. The van der Waals surface area contributed by atoms with Gasteiger partial charge >= 0.3 is 5.97 Å². The van der Waals surface area contributed by atoms with Crippen LogP contribution in [0.2, 0.25) is 0 Å². The molecule has 1 aromatic heterocycles. The van der Waals surface area contributed by atoms with E-state index in [1.54, 1.807) is 0 Å². The topological polar surface area (TPSA) is 122 Å². The summed E-state index contributed by atoms with van der Waals surface area (Å²) in [6.45, 7) is 0. The van der Waals surface area contributed by atoms with Gasteiger partial charge < -0.3 is 10.4 Å². The molecule has 1 amide bonds. The monoisotopic (exact) mass is 287 g/mol. The van der Waals surface area contributed by atoms with E-state index >= 15 is 0 Å². The van der Waals surface area contributed by atoms with Crippen molar-refractivity contribution in [1.29, 1.82) is 0 Å². The van der Waals surface area contributed by atoms with E-state index in [1.807, 2.05) is 0 Å². The van der Waals surface area contributed by atoms with E-state index in [9.17, 15) is 19.7 Å². The van der Waals surface area contributed by atoms with Gasteiger partial charge in [-0.15, -0.1) is 0 Å². The Morgan fingerprint density at radius 3 is 2.57 bits per heavy atom. The van der Waals surface area contributed by atoms with Crippen LogP contribution in [0.25, 0.3) is 0 Å². The molecule has 106 valence electrons. The minimum absolute atomic E-state index is 0.145. The van der Waals surface area contributed by atoms with Crippen LogP contribution in [-0.4, -0.2) is 26.9 Å². The molecule has 2 rings (SSSR count). The quantitative estimate of drug-likeness (QED) is 0.654. The number of nitro benzene ring substituents is 1. The number of benzene rings is 1. The van der Waals surface area contributed by atoms with Crippen molar-refractivity contribution in [3.63, 3.8) is 0 Å². The van der Waals surface area contributed by atoms with Gasteiger partial charge in [-0.2, -0.15) is 0 Å². The fraction of sp³-hybridized carbons (Fsp3) is 0. The Kier molecular flexibility index (Phi) is 3.89. The summed E-state index contributed by atoms with van der Waals surface area (Å²) >= 11 is 0. The predicted octanol–water partition coefficient (Wildman–Crippen LogP) is 1.94. The van der Waals surface area contributed by atoms with Gasteiger partial charge in [-0.3, -0.25) is 14.9 Å². The molecule has 0 aliphatic rings. The average Bonchev–Trinajstić information content (AvgIpc) is 2.47. The zero-order chi connectivity index (χ0) is 15.4. The van der Waals surface area contributed by atoms with Crippen LogP contribution in [0.5, 0.6) is 0 Å². The first-order chi connectivity index (χ1) is 9.97. The minimum atomic E-state index is -1.19. The number of rotatable bonds is 4. The number of non-ortho nitro benzene ring substituents is 1. The number of carbonyl (C=O) groups is 2. The number of aromatic carboxylic acids is 1. The lowest BCUT2D eigenvalue weighted by Crippen LogP contribution is -2.13. The Labute approximate surface area is 118 Å². The first-order valence-electron chi connectivity index (χ1n) is 5.72. The number of anilines is 1. The van der Waals surface area contributed by atoms with Gasteiger partial charge in [0.05, 0.1) is 10.5 Å². The molecule has 1 aromatic carbocycles. The summed E-state index contributed by atoms with van der Waals surface area (Å²) in [5.74, 6) is -1.74. The molecule has 1 heterocycles.